The first kappa shape index (κ1) is 84.3. The third-order valence-electron chi connectivity index (χ3n) is 19.6. The summed E-state index contributed by atoms with van der Waals surface area (Å²) in [6, 6.07) is 69.1. The smallest absolute Gasteiger partial charge is 0.333 e. The van der Waals surface area contributed by atoms with Crippen LogP contribution in [0.4, 0.5) is 0 Å². The largest absolute Gasteiger partial charge is 0.508 e. The average molecular weight is 1520 g/mol. The maximum Gasteiger partial charge on any atom is 0.333 e. The first-order valence-corrected chi connectivity index (χ1v) is 43.9. The normalized spacial score (nSPS) is 14.3. The Bertz CT molecular complexity index is 4440. The maximum atomic E-state index is 10.9. The number of ether oxygens (including phenoxy) is 8. The Morgan fingerprint density at radius 2 is 0.721 bits per heavy atom. The minimum absolute atomic E-state index is 0.196. The summed E-state index contributed by atoms with van der Waals surface area (Å²) in [5, 5.41) is 24.2. The highest BCUT2D eigenvalue weighted by Gasteiger charge is 2.48. The first-order chi connectivity index (χ1) is 53.8. The lowest BCUT2D eigenvalue weighted by Crippen LogP contribution is -2.29. The van der Waals surface area contributed by atoms with Crippen LogP contribution in [0.2, 0.25) is 26.2 Å². The van der Waals surface area contributed by atoms with Crippen molar-refractivity contribution in [2.75, 3.05) is 66.1 Å². The molecule has 0 amide bonds. The lowest BCUT2D eigenvalue weighted by Gasteiger charge is -2.35. The van der Waals surface area contributed by atoms with Crippen molar-refractivity contribution in [1.82, 2.24) is 0 Å². The SMILES string of the molecule is C=C(C)C(=O)OCCCOC(=O)C(=C)C.C=CCOCCOCC=C.C=CCc1cc(C2(c3ccc(O)c(CC=C)c3)c3ccccc3-c3ccccc32)ccc1O.C=CCc1cc(C2(c3ccc(OCC4CO4)c(CC=C)c3)c3ccccc3-c3ccccc32)ccc1OCC1CO1.C[SiH](C)c1ccc([SiH](C)C)cc1. The molecular formula is C97H108O12Si2. The molecule has 2 aliphatic carbocycles. The highest BCUT2D eigenvalue weighted by atomic mass is 28.3. The van der Waals surface area contributed by atoms with Crippen LogP contribution < -0.4 is 19.8 Å². The Kier molecular flexibility index (Phi) is 31.4. The predicted molar refractivity (Wildman–Crippen MR) is 459 cm³/mol. The van der Waals surface area contributed by atoms with Crippen molar-refractivity contribution in [2.45, 2.75) is 95.2 Å². The first-order valence-electron chi connectivity index (χ1n) is 38.2. The van der Waals surface area contributed by atoms with Gasteiger partial charge in [-0.1, -0.05) is 256 Å². The van der Waals surface area contributed by atoms with Gasteiger partial charge in [0.1, 0.15) is 48.4 Å². The summed E-state index contributed by atoms with van der Waals surface area (Å²) >= 11 is 0. The minimum atomic E-state index is -0.583. The molecule has 9 aromatic carbocycles. The predicted octanol–water partition coefficient (Wildman–Crippen LogP) is 18.1. The Morgan fingerprint density at radius 3 is 1.01 bits per heavy atom. The molecule has 12 nitrogen and oxygen atoms in total. The number of rotatable bonds is 33. The van der Waals surface area contributed by atoms with E-state index in [1.807, 2.05) is 36.4 Å². The lowest BCUT2D eigenvalue weighted by atomic mass is 9.67. The van der Waals surface area contributed by atoms with Crippen molar-refractivity contribution in [3.05, 3.63) is 361 Å². The number of epoxide rings is 2. The second-order valence-corrected chi connectivity index (χ2v) is 34.4. The number of carbonyl (C=O) groups is 2. The number of benzene rings is 9. The van der Waals surface area contributed by atoms with E-state index in [1.165, 1.54) is 55.6 Å². The molecule has 0 bridgehead atoms. The molecule has 2 heterocycles. The molecule has 111 heavy (non-hydrogen) atoms. The van der Waals surface area contributed by atoms with E-state index in [-0.39, 0.29) is 36.9 Å². The standard InChI is InChI=1S/C37H34O4.C31H26O2.C11H16O4.C10H18Si2.C8H14O2/c1-3-9-25-19-27(15-17-35(25)40-23-29-21-38-29)37(33-13-7-5-11-31(33)32-12-6-8-14-34(32)37)28-16-18-36(26(20-28)10-4-2)41-24-30-22-39-30;1-3-9-21-19-23(15-17-29(21)32)31(24-16-18-30(33)22(20-24)10-4-2)27-13-7-5-11-25(27)26-12-6-8-14-28(26)31;1-8(2)10(12)14-6-5-7-15-11(13)9(3)4;1-11(2)9-5-7-10(8-6-9)12(3)4;1-3-5-9-7-8-10-6-4-2/h3-8,11-20,29-30H,1-2,9-10,21-24H2;3-8,11-20,32-33H,1-2,9-10H2;1,3,5-7H2,2,4H3;5-8,11-12H,1-4H3;3-4H,1-2,5-8H2. The van der Waals surface area contributed by atoms with Gasteiger partial charge in [0, 0.05) is 17.6 Å². The Labute approximate surface area is 661 Å². The van der Waals surface area contributed by atoms with Crippen molar-refractivity contribution in [1.29, 1.82) is 0 Å². The zero-order chi connectivity index (χ0) is 79.5. The van der Waals surface area contributed by atoms with Crippen LogP contribution >= 0.6 is 0 Å². The van der Waals surface area contributed by atoms with E-state index in [1.54, 1.807) is 48.5 Å². The number of hydrogen-bond donors (Lipinski definition) is 2. The third-order valence-corrected chi connectivity index (χ3v) is 23.0. The average Bonchev–Trinajstić information content (AvgIpc) is 1.56. The molecule has 2 atom stereocenters. The number of fused-ring (bicyclic) bond motifs is 6. The summed E-state index contributed by atoms with van der Waals surface area (Å²) in [5.74, 6) is 1.45. The quantitative estimate of drug-likeness (QED) is 0.0100. The van der Waals surface area contributed by atoms with Crippen LogP contribution in [0.1, 0.15) is 87.0 Å². The van der Waals surface area contributed by atoms with Crippen molar-refractivity contribution >= 4 is 39.9 Å². The van der Waals surface area contributed by atoms with Crippen LogP contribution in [0.3, 0.4) is 0 Å². The Morgan fingerprint density at radius 1 is 0.423 bits per heavy atom. The molecule has 4 aliphatic rings. The van der Waals surface area contributed by atoms with Crippen molar-refractivity contribution in [3.8, 4) is 45.3 Å². The molecule has 2 unspecified atom stereocenters. The van der Waals surface area contributed by atoms with E-state index in [2.05, 4.69) is 249 Å². The fraction of sp³-hybridized carbons (Fsp3) is 0.258. The number of allylic oxidation sites excluding steroid dienone is 4. The molecule has 0 aromatic heterocycles. The van der Waals surface area contributed by atoms with E-state index >= 15 is 0 Å². The summed E-state index contributed by atoms with van der Waals surface area (Å²) in [5.41, 5.74) is 17.9. The number of esters is 2. The number of hydrogen-bond acceptors (Lipinski definition) is 12. The van der Waals surface area contributed by atoms with E-state index in [0.717, 1.165) is 58.1 Å². The summed E-state index contributed by atoms with van der Waals surface area (Å²) < 4.78 is 42.9. The van der Waals surface area contributed by atoms with Gasteiger partial charge in [0.15, 0.2) is 0 Å². The van der Waals surface area contributed by atoms with E-state index in [9.17, 15) is 19.8 Å². The Hall–Kier alpha value is -10.7. The molecule has 0 radical (unpaired) electrons. The van der Waals surface area contributed by atoms with Crippen molar-refractivity contribution < 1.29 is 57.7 Å². The zero-order valence-corrected chi connectivity index (χ0v) is 67.8. The summed E-state index contributed by atoms with van der Waals surface area (Å²) in [6.07, 6.45) is 14.4. The fourth-order valence-corrected chi connectivity index (χ4v) is 15.8. The maximum absolute atomic E-state index is 10.9. The molecule has 2 aliphatic heterocycles. The highest BCUT2D eigenvalue weighted by Crippen LogP contribution is 2.59. The molecular weight excluding hydrogens is 1410 g/mol. The van der Waals surface area contributed by atoms with Gasteiger partial charge in [-0.2, -0.15) is 0 Å². The van der Waals surface area contributed by atoms with E-state index in [0.29, 0.717) is 82.9 Å². The summed E-state index contributed by atoms with van der Waals surface area (Å²) in [7, 11) is -1.13. The molecule has 14 heteroatoms. The van der Waals surface area contributed by atoms with Gasteiger partial charge < -0.3 is 48.1 Å². The van der Waals surface area contributed by atoms with Crippen LogP contribution in [0.15, 0.2) is 294 Å². The Balaban J connectivity index is 0.000000179. The number of carbonyl (C=O) groups excluding carboxylic acids is 2. The topological polar surface area (TPSA) is 155 Å². The van der Waals surface area contributed by atoms with Crippen LogP contribution in [0, 0.1) is 0 Å². The van der Waals surface area contributed by atoms with Crippen LogP contribution in [0.5, 0.6) is 23.0 Å². The minimum Gasteiger partial charge on any atom is -0.508 e. The summed E-state index contributed by atoms with van der Waals surface area (Å²) in [6.45, 7) is 47.9. The van der Waals surface area contributed by atoms with Gasteiger partial charge in [0.05, 0.1) is 81.3 Å². The van der Waals surface area contributed by atoms with Crippen LogP contribution in [0.25, 0.3) is 22.3 Å². The number of phenols is 2. The number of phenolic OH excluding ortho intramolecular Hbond substituents is 2. The molecule has 0 spiro atoms. The van der Waals surface area contributed by atoms with Gasteiger partial charge in [0.2, 0.25) is 0 Å². The van der Waals surface area contributed by atoms with Gasteiger partial charge in [-0.05, 0) is 153 Å². The van der Waals surface area contributed by atoms with Gasteiger partial charge in [-0.25, -0.2) is 9.59 Å². The van der Waals surface area contributed by atoms with E-state index in [4.69, 9.17) is 37.9 Å². The second kappa shape index (κ2) is 41.4. The molecule has 2 saturated heterocycles. The highest BCUT2D eigenvalue weighted by molar-refractivity contribution is 6.72. The van der Waals surface area contributed by atoms with Crippen molar-refractivity contribution in [3.63, 3.8) is 0 Å². The molecule has 13 rings (SSSR count). The van der Waals surface area contributed by atoms with Gasteiger partial charge >= 0.3 is 11.9 Å². The van der Waals surface area contributed by atoms with Gasteiger partial charge in [-0.3, -0.25) is 0 Å². The lowest BCUT2D eigenvalue weighted by molar-refractivity contribution is -0.141. The zero-order valence-electron chi connectivity index (χ0n) is 65.5. The molecule has 2 N–H and O–H groups in total. The van der Waals surface area contributed by atoms with Gasteiger partial charge in [-0.15, -0.1) is 39.5 Å². The molecule has 0 saturated carbocycles. The molecule has 2 fully saturated rings. The van der Waals surface area contributed by atoms with Crippen LogP contribution in [-0.2, 0) is 74.5 Å². The molecule has 576 valence electrons. The second-order valence-electron chi connectivity index (χ2n) is 28.4. The fourth-order valence-electron chi connectivity index (χ4n) is 13.9. The van der Waals surface area contributed by atoms with Crippen molar-refractivity contribution in [2.24, 2.45) is 0 Å². The third kappa shape index (κ3) is 21.3. The monoisotopic (exact) mass is 1520 g/mol. The summed E-state index contributed by atoms with van der Waals surface area (Å²) in [4.78, 5) is 21.8. The van der Waals surface area contributed by atoms with Crippen LogP contribution in [-0.4, -0.2) is 118 Å². The molecule has 9 aromatic rings. The number of aromatic hydroxyl groups is 2. The van der Waals surface area contributed by atoms with E-state index < -0.39 is 40.4 Å². The van der Waals surface area contributed by atoms with Gasteiger partial charge in [0.25, 0.3) is 0 Å².